The highest BCUT2D eigenvalue weighted by Crippen LogP contribution is 2.38. The summed E-state index contributed by atoms with van der Waals surface area (Å²) >= 11 is 8.17. The van der Waals surface area contributed by atoms with Crippen molar-refractivity contribution in [2.24, 2.45) is 4.99 Å². The predicted molar refractivity (Wildman–Crippen MR) is 167 cm³/mol. The molecular formula is C33H26ClN3OS. The Morgan fingerprint density at radius 2 is 1.72 bits per heavy atom. The van der Waals surface area contributed by atoms with Crippen LogP contribution in [-0.4, -0.2) is 29.7 Å². The maximum Gasteiger partial charge on any atom is 0.154 e. The van der Waals surface area contributed by atoms with Crippen LogP contribution in [0.25, 0.3) is 43.8 Å². The van der Waals surface area contributed by atoms with E-state index in [1.54, 1.807) is 11.3 Å². The second-order valence-corrected chi connectivity index (χ2v) is 11.0. The second kappa shape index (κ2) is 10.2. The summed E-state index contributed by atoms with van der Waals surface area (Å²) in [6, 6.07) is 29.8. The highest BCUT2D eigenvalue weighted by molar-refractivity contribution is 7.26. The van der Waals surface area contributed by atoms with E-state index in [4.69, 9.17) is 26.4 Å². The van der Waals surface area contributed by atoms with E-state index in [1.807, 2.05) is 92.0 Å². The van der Waals surface area contributed by atoms with Crippen molar-refractivity contribution >= 4 is 78.4 Å². The van der Waals surface area contributed by atoms with Crippen LogP contribution in [0.5, 0.6) is 0 Å². The summed E-state index contributed by atoms with van der Waals surface area (Å²) in [6.07, 6.45) is 2.05. The monoisotopic (exact) mass is 547 g/mol. The van der Waals surface area contributed by atoms with E-state index in [0.717, 1.165) is 57.9 Å². The van der Waals surface area contributed by atoms with Gasteiger partial charge in [0.1, 0.15) is 16.8 Å². The molecule has 0 saturated carbocycles. The fraction of sp³-hybridized carbons (Fsp3) is 0.0909. The van der Waals surface area contributed by atoms with Crippen molar-refractivity contribution in [3.05, 3.63) is 118 Å². The molecule has 0 saturated heterocycles. The van der Waals surface area contributed by atoms with E-state index in [1.165, 1.54) is 0 Å². The number of para-hydroxylation sites is 1. The molecule has 2 heterocycles. The molecule has 0 aliphatic heterocycles. The van der Waals surface area contributed by atoms with Crippen LogP contribution in [0.3, 0.4) is 0 Å². The number of hydrogen-bond donors (Lipinski definition) is 1. The zero-order chi connectivity index (χ0) is 27.1. The molecule has 39 heavy (non-hydrogen) atoms. The average molecular weight is 548 g/mol. The van der Waals surface area contributed by atoms with Crippen molar-refractivity contribution in [1.82, 2.24) is 4.90 Å². The van der Waals surface area contributed by atoms with Crippen molar-refractivity contribution in [2.45, 2.75) is 13.0 Å². The number of halogens is 1. The minimum Gasteiger partial charge on any atom is -0.456 e. The number of aliphatic imine (C=N–C) groups is 1. The number of nitrogens with zero attached hydrogens (tertiary/aromatic N) is 2. The van der Waals surface area contributed by atoms with Gasteiger partial charge in [-0.05, 0) is 37.3 Å². The van der Waals surface area contributed by atoms with Crippen LogP contribution in [0.2, 0.25) is 5.02 Å². The van der Waals surface area contributed by atoms with Crippen LogP contribution in [0.4, 0.5) is 0 Å². The highest BCUT2D eigenvalue weighted by atomic mass is 35.5. The first-order chi connectivity index (χ1) is 18.9. The summed E-state index contributed by atoms with van der Waals surface area (Å²) in [5.74, 6) is 0.894. The van der Waals surface area contributed by atoms with E-state index in [0.29, 0.717) is 5.84 Å². The smallest absolute Gasteiger partial charge is 0.154 e. The summed E-state index contributed by atoms with van der Waals surface area (Å²) in [4.78, 5) is 6.93. The maximum atomic E-state index is 8.95. The Bertz CT molecular complexity index is 2010. The Labute approximate surface area is 235 Å². The predicted octanol–water partition coefficient (Wildman–Crippen LogP) is 7.44. The molecule has 6 rings (SSSR count). The quantitative estimate of drug-likeness (QED) is 0.184. The molecule has 1 N–H and O–H groups in total. The number of benzene rings is 4. The molecule has 4 aromatic carbocycles. The molecule has 0 bridgehead atoms. The summed E-state index contributed by atoms with van der Waals surface area (Å²) in [7, 11) is 1.99. The van der Waals surface area contributed by atoms with Crippen LogP contribution >= 0.6 is 22.9 Å². The first-order valence-electron chi connectivity index (χ1n) is 12.7. The van der Waals surface area contributed by atoms with E-state index < -0.39 is 0 Å². The molecule has 0 radical (unpaired) electrons. The van der Waals surface area contributed by atoms with Crippen LogP contribution in [0.15, 0.2) is 100 Å². The zero-order valence-electron chi connectivity index (χ0n) is 21.6. The fourth-order valence-electron chi connectivity index (χ4n) is 4.81. The van der Waals surface area contributed by atoms with Gasteiger partial charge in [-0.15, -0.1) is 11.3 Å². The normalized spacial score (nSPS) is 13.4. The molecule has 0 spiro atoms. The van der Waals surface area contributed by atoms with Crippen LogP contribution in [-0.2, 0) is 0 Å². The van der Waals surface area contributed by atoms with Gasteiger partial charge < -0.3 is 9.32 Å². The SMILES string of the molecule is C=c1/c(=C\C(C)N(C)/C(=N\C(=N)c2ccc3c(c2)sc2cccc(Cl)c23)c2ccccc2)oc2ccccc12. The number of thiophene rings is 1. The number of amidine groups is 2. The fourth-order valence-corrected chi connectivity index (χ4v) is 6.31. The van der Waals surface area contributed by atoms with Crippen LogP contribution in [0, 0.1) is 5.41 Å². The lowest BCUT2D eigenvalue weighted by Crippen LogP contribution is -2.37. The Kier molecular flexibility index (Phi) is 6.55. The standard InChI is InChI=1S/C33H26ClN3OS/c1-20(18-28-21(2)24-12-7-8-14-27(24)38-28)37(3)33(22-10-5-4-6-11-22)36-32(35)23-16-17-25-30(19-23)39-29-15-9-13-26(34)31(25)29/h4-20,35H,2H2,1,3H3/b28-18+,35-32?,36-33-. The van der Waals surface area contributed by atoms with Gasteiger partial charge in [-0.3, -0.25) is 5.41 Å². The third-order valence-electron chi connectivity index (χ3n) is 7.04. The van der Waals surface area contributed by atoms with Gasteiger partial charge in [0, 0.05) is 60.0 Å². The number of hydrogen-bond acceptors (Lipinski definition) is 3. The van der Waals surface area contributed by atoms with Gasteiger partial charge in [-0.25, -0.2) is 4.99 Å². The number of furan rings is 1. The van der Waals surface area contributed by atoms with E-state index in [-0.39, 0.29) is 11.9 Å². The lowest BCUT2D eigenvalue weighted by molar-refractivity contribution is 0.464. The molecular weight excluding hydrogens is 522 g/mol. The molecule has 2 aromatic heterocycles. The lowest BCUT2D eigenvalue weighted by atomic mass is 10.1. The third-order valence-corrected chi connectivity index (χ3v) is 8.47. The van der Waals surface area contributed by atoms with Crippen molar-refractivity contribution in [3.63, 3.8) is 0 Å². The van der Waals surface area contributed by atoms with Gasteiger partial charge >= 0.3 is 0 Å². The summed E-state index contributed by atoms with van der Waals surface area (Å²) in [6.45, 7) is 6.33. The first kappa shape index (κ1) is 25.1. The minimum atomic E-state index is -0.0787. The van der Waals surface area contributed by atoms with E-state index in [9.17, 15) is 0 Å². The van der Waals surface area contributed by atoms with Gasteiger partial charge in [0.2, 0.25) is 0 Å². The van der Waals surface area contributed by atoms with Crippen molar-refractivity contribution in [2.75, 3.05) is 7.05 Å². The van der Waals surface area contributed by atoms with E-state index >= 15 is 0 Å². The average Bonchev–Trinajstić information content (AvgIpc) is 3.49. The number of nitrogens with one attached hydrogen (secondary N) is 1. The Morgan fingerprint density at radius 1 is 0.949 bits per heavy atom. The molecule has 6 heteroatoms. The van der Waals surface area contributed by atoms with Gasteiger partial charge in [0.15, 0.2) is 5.84 Å². The van der Waals surface area contributed by atoms with Crippen molar-refractivity contribution in [1.29, 1.82) is 5.41 Å². The number of fused-ring (bicyclic) bond motifs is 4. The van der Waals surface area contributed by atoms with Gasteiger partial charge in [-0.2, -0.15) is 0 Å². The minimum absolute atomic E-state index is 0.0787. The molecule has 0 amide bonds. The van der Waals surface area contributed by atoms with Crippen molar-refractivity contribution < 1.29 is 4.42 Å². The molecule has 4 nitrogen and oxygen atoms in total. The zero-order valence-corrected chi connectivity index (χ0v) is 23.2. The maximum absolute atomic E-state index is 8.95. The van der Waals surface area contributed by atoms with Gasteiger partial charge in [0.05, 0.1) is 0 Å². The highest BCUT2D eigenvalue weighted by Gasteiger charge is 2.17. The molecule has 0 fully saturated rings. The second-order valence-electron chi connectivity index (χ2n) is 9.54. The third kappa shape index (κ3) is 4.65. The van der Waals surface area contributed by atoms with Crippen LogP contribution < -0.4 is 10.6 Å². The molecule has 0 aliphatic rings. The largest absolute Gasteiger partial charge is 0.456 e. The molecule has 1 unspecified atom stereocenters. The van der Waals surface area contributed by atoms with E-state index in [2.05, 4.69) is 30.5 Å². The van der Waals surface area contributed by atoms with Crippen LogP contribution in [0.1, 0.15) is 18.1 Å². The van der Waals surface area contributed by atoms with Gasteiger partial charge in [-0.1, -0.05) is 84.9 Å². The summed E-state index contributed by atoms with van der Waals surface area (Å²) < 4.78 is 8.31. The Morgan fingerprint density at radius 3 is 2.51 bits per heavy atom. The van der Waals surface area contributed by atoms with Crippen molar-refractivity contribution in [3.8, 4) is 0 Å². The molecule has 0 aliphatic carbocycles. The summed E-state index contributed by atoms with van der Waals surface area (Å²) in [5, 5.41) is 13.7. The number of rotatable bonds is 4. The summed E-state index contributed by atoms with van der Waals surface area (Å²) in [5.41, 5.74) is 3.24. The molecule has 6 aromatic rings. The Balaban J connectivity index is 1.39. The lowest BCUT2D eigenvalue weighted by Gasteiger charge is -2.26. The Hall–Kier alpha value is -4.19. The first-order valence-corrected chi connectivity index (χ1v) is 13.8. The van der Waals surface area contributed by atoms with Gasteiger partial charge in [0.25, 0.3) is 0 Å². The molecule has 1 atom stereocenters. The molecule has 192 valence electrons. The topological polar surface area (TPSA) is 52.6 Å².